The van der Waals surface area contributed by atoms with Crippen molar-refractivity contribution in [1.29, 1.82) is 0 Å². The standard InChI is InChI=1S/C21H17OS4.C4HF9O3S/c1-22-18-12-13-19(23-18)24-20-14-15-21(25-20)26(16-8-4-2-5-9-16)17-10-6-3-7-11-17;5-1(6,3(9,10)11)2(7,8)4(12,13)17(14,15)16/h2-15H,1H3;(H,14,15,16)/q+1;/p-1. The summed E-state index contributed by atoms with van der Waals surface area (Å²) in [5.41, 5.74) is 0. The van der Waals surface area contributed by atoms with Crippen LogP contribution < -0.4 is 4.74 Å². The number of ether oxygens (including phenoxy) is 1. The fourth-order valence-electron chi connectivity index (χ4n) is 3.03. The maximum absolute atomic E-state index is 12.2. The van der Waals surface area contributed by atoms with Crippen molar-refractivity contribution >= 4 is 55.4 Å². The fourth-order valence-corrected chi connectivity index (χ4v) is 9.65. The minimum absolute atomic E-state index is 0.0643. The summed E-state index contributed by atoms with van der Waals surface area (Å²) in [5.74, 6) is -14.8. The van der Waals surface area contributed by atoms with Crippen LogP contribution in [0.15, 0.2) is 107 Å². The molecule has 0 amide bonds. The molecule has 0 atom stereocenters. The van der Waals surface area contributed by atoms with Gasteiger partial charge in [0.05, 0.1) is 15.5 Å². The summed E-state index contributed by atoms with van der Waals surface area (Å²) in [7, 11) is -5.76. The summed E-state index contributed by atoms with van der Waals surface area (Å²) in [4.78, 5) is 2.71. The molecule has 43 heavy (non-hydrogen) atoms. The number of benzene rings is 2. The highest BCUT2D eigenvalue weighted by molar-refractivity contribution is 8.04. The molecule has 0 unspecified atom stereocenters. The molecule has 234 valence electrons. The Kier molecular flexibility index (Phi) is 10.9. The zero-order valence-electron chi connectivity index (χ0n) is 21.2. The Bertz CT molecular complexity index is 1550. The number of rotatable bonds is 9. The normalized spacial score (nSPS) is 13.0. The lowest BCUT2D eigenvalue weighted by molar-refractivity contribution is -0.382. The second kappa shape index (κ2) is 13.3. The Labute approximate surface area is 254 Å². The summed E-state index contributed by atoms with van der Waals surface area (Å²) >= 11 is 5.39. The molecule has 18 heteroatoms. The van der Waals surface area contributed by atoms with Crippen molar-refractivity contribution in [2.24, 2.45) is 0 Å². The monoisotopic (exact) mass is 712 g/mol. The Hall–Kier alpha value is -2.38. The van der Waals surface area contributed by atoms with Crippen LogP contribution in [-0.2, 0) is 21.0 Å². The van der Waals surface area contributed by atoms with E-state index >= 15 is 0 Å². The van der Waals surface area contributed by atoms with Gasteiger partial charge >= 0.3 is 23.3 Å². The maximum atomic E-state index is 12.2. The molecule has 0 aliphatic rings. The lowest BCUT2D eigenvalue weighted by Crippen LogP contribution is -2.63. The zero-order valence-corrected chi connectivity index (χ0v) is 25.2. The number of methoxy groups -OCH3 is 1. The predicted molar refractivity (Wildman–Crippen MR) is 145 cm³/mol. The van der Waals surface area contributed by atoms with E-state index < -0.39 is 33.4 Å². The molecule has 0 fully saturated rings. The van der Waals surface area contributed by atoms with Crippen molar-refractivity contribution in [2.75, 3.05) is 7.11 Å². The molecule has 2 aromatic heterocycles. The average Bonchev–Trinajstić information content (AvgIpc) is 3.59. The maximum Gasteiger partial charge on any atom is 0.460 e. The van der Waals surface area contributed by atoms with Crippen LogP contribution in [0.3, 0.4) is 0 Å². The number of hydrogen-bond acceptors (Lipinski definition) is 7. The third-order valence-electron chi connectivity index (χ3n) is 5.10. The number of hydrogen-bond donors (Lipinski definition) is 0. The molecule has 4 aromatic rings. The first kappa shape index (κ1) is 35.1. The second-order valence-corrected chi connectivity index (χ2v) is 15.4. The largest absolute Gasteiger partial charge is 0.743 e. The Morgan fingerprint density at radius 2 is 1.16 bits per heavy atom. The van der Waals surface area contributed by atoms with Crippen LogP contribution in [0.5, 0.6) is 5.06 Å². The van der Waals surface area contributed by atoms with Crippen molar-refractivity contribution in [2.45, 2.75) is 45.7 Å². The van der Waals surface area contributed by atoms with Crippen molar-refractivity contribution in [3.05, 3.63) is 84.9 Å². The highest BCUT2D eigenvalue weighted by Crippen LogP contribution is 2.54. The van der Waals surface area contributed by atoms with E-state index in [2.05, 4.69) is 78.9 Å². The third kappa shape index (κ3) is 7.65. The van der Waals surface area contributed by atoms with Gasteiger partial charge in [-0.25, -0.2) is 8.42 Å². The Morgan fingerprint density at radius 1 is 0.698 bits per heavy atom. The summed E-state index contributed by atoms with van der Waals surface area (Å²) in [5, 5.41) is -6.16. The van der Waals surface area contributed by atoms with Gasteiger partial charge in [0, 0.05) is 6.07 Å². The van der Waals surface area contributed by atoms with Crippen LogP contribution in [0, 0.1) is 0 Å². The van der Waals surface area contributed by atoms with Gasteiger partial charge in [0.15, 0.2) is 25.0 Å². The van der Waals surface area contributed by atoms with Gasteiger partial charge in [-0.2, -0.15) is 39.5 Å². The van der Waals surface area contributed by atoms with Crippen molar-refractivity contribution in [3.63, 3.8) is 0 Å². The smallest absolute Gasteiger partial charge is 0.460 e. The summed E-state index contributed by atoms with van der Waals surface area (Å²) in [6.07, 6.45) is -7.16. The summed E-state index contributed by atoms with van der Waals surface area (Å²) in [6, 6.07) is 30.2. The molecule has 2 heterocycles. The van der Waals surface area contributed by atoms with Gasteiger partial charge in [-0.15, -0.1) is 0 Å². The molecule has 0 saturated heterocycles. The third-order valence-corrected chi connectivity index (χ3v) is 12.0. The van der Waals surface area contributed by atoms with E-state index in [0.29, 0.717) is 0 Å². The quantitative estimate of drug-likeness (QED) is 0.0985. The first-order chi connectivity index (χ1) is 19.8. The Balaban J connectivity index is 0.000000261. The van der Waals surface area contributed by atoms with Crippen LogP contribution in [0.25, 0.3) is 0 Å². The highest BCUT2D eigenvalue weighted by Gasteiger charge is 2.83. The average molecular weight is 713 g/mol. The number of alkyl halides is 9. The molecule has 4 nitrogen and oxygen atoms in total. The van der Waals surface area contributed by atoms with E-state index in [1.54, 1.807) is 18.4 Å². The van der Waals surface area contributed by atoms with Crippen LogP contribution in [-0.4, -0.2) is 43.4 Å². The van der Waals surface area contributed by atoms with Crippen molar-refractivity contribution in [3.8, 4) is 5.06 Å². The fraction of sp³-hybridized carbons (Fsp3) is 0.200. The Morgan fingerprint density at radius 3 is 1.58 bits per heavy atom. The molecular weight excluding hydrogens is 696 g/mol. The molecule has 0 aliphatic heterocycles. The van der Waals surface area contributed by atoms with Crippen molar-refractivity contribution < 1.29 is 57.2 Å². The van der Waals surface area contributed by atoms with Gasteiger partial charge in [-0.05, 0) is 42.5 Å². The van der Waals surface area contributed by atoms with Gasteiger partial charge in [0.1, 0.15) is 10.9 Å². The minimum Gasteiger partial charge on any atom is -0.743 e. The van der Waals surface area contributed by atoms with Crippen LogP contribution in [0.1, 0.15) is 0 Å². The number of halogens is 9. The second-order valence-electron chi connectivity index (χ2n) is 8.00. The molecule has 2 aromatic carbocycles. The van der Waals surface area contributed by atoms with Gasteiger partial charge in [0.2, 0.25) is 4.21 Å². The van der Waals surface area contributed by atoms with E-state index in [9.17, 15) is 52.5 Å². The van der Waals surface area contributed by atoms with E-state index in [1.165, 1.54) is 22.4 Å². The predicted octanol–water partition coefficient (Wildman–Crippen LogP) is 9.02. The molecule has 4 rings (SSSR count). The zero-order chi connectivity index (χ0) is 32.3. The van der Waals surface area contributed by atoms with Gasteiger partial charge in [-0.3, -0.25) is 0 Å². The van der Waals surface area contributed by atoms with Gasteiger partial charge in [0.25, 0.3) is 0 Å². The van der Waals surface area contributed by atoms with Crippen LogP contribution >= 0.6 is 34.4 Å². The summed E-state index contributed by atoms with van der Waals surface area (Å²) in [6.45, 7) is 0. The van der Waals surface area contributed by atoms with Gasteiger partial charge < -0.3 is 9.29 Å². The molecule has 0 spiro atoms. The first-order valence-electron chi connectivity index (χ1n) is 11.2. The van der Waals surface area contributed by atoms with Crippen LogP contribution in [0.4, 0.5) is 39.5 Å². The topological polar surface area (TPSA) is 66.4 Å². The van der Waals surface area contributed by atoms with E-state index in [4.69, 9.17) is 4.74 Å². The molecule has 0 bridgehead atoms. The highest BCUT2D eigenvalue weighted by atomic mass is 32.2. The molecule has 0 radical (unpaired) electrons. The lowest BCUT2D eigenvalue weighted by Gasteiger charge is -2.34. The van der Waals surface area contributed by atoms with Gasteiger partial charge in [-0.1, -0.05) is 70.8 Å². The van der Waals surface area contributed by atoms with E-state index in [1.807, 2.05) is 29.2 Å². The molecule has 0 saturated carbocycles. The van der Waals surface area contributed by atoms with E-state index in [-0.39, 0.29) is 10.9 Å². The molecular formula is C25H17F9O4S5. The summed E-state index contributed by atoms with van der Waals surface area (Å²) < 4.78 is 145. The molecule has 0 aliphatic carbocycles. The molecule has 0 N–H and O–H groups in total. The number of thiophene rings is 2. The first-order valence-corrected chi connectivity index (χ1v) is 16.3. The lowest BCUT2D eigenvalue weighted by atomic mass is 10.1. The SMILES string of the molecule is COc1ccc(Sc2ccc([S+](c3ccccc3)c3ccccc3)s2)s1.O=S(=O)([O-])C(F)(F)C(F)(F)C(F)(F)C(F)(F)F. The van der Waals surface area contributed by atoms with E-state index in [0.717, 1.165) is 5.06 Å². The van der Waals surface area contributed by atoms with Crippen LogP contribution in [0.2, 0.25) is 0 Å². The minimum atomic E-state index is -7.43. The van der Waals surface area contributed by atoms with Crippen molar-refractivity contribution in [1.82, 2.24) is 0 Å².